The monoisotopic (exact) mass is 1650 g/mol. The van der Waals surface area contributed by atoms with E-state index in [9.17, 15) is 57.3 Å². The maximum Gasteiger partial charge on any atom is 0.484 e. The Bertz CT molecular complexity index is 4610. The van der Waals surface area contributed by atoms with Crippen molar-refractivity contribution in [1.29, 1.82) is 0 Å². The molecule has 1 unspecified atom stereocenters. The van der Waals surface area contributed by atoms with Gasteiger partial charge in [-0.15, -0.1) is 0 Å². The van der Waals surface area contributed by atoms with Crippen LogP contribution in [0.2, 0.25) is 0 Å². The molecule has 15 nitrogen and oxygen atoms in total. The van der Waals surface area contributed by atoms with Crippen molar-refractivity contribution < 1.29 is 89.5 Å². The van der Waals surface area contributed by atoms with Crippen LogP contribution in [0.3, 0.4) is 0 Å². The van der Waals surface area contributed by atoms with E-state index in [1.54, 1.807) is 14.2 Å². The van der Waals surface area contributed by atoms with Crippen LogP contribution < -0.4 is 14.2 Å². The average Bonchev–Trinajstić information content (AvgIpc) is 0.720. The SMILES string of the molecule is COc1cccc([S+](c2cccc(CO)c2)c2cccc(OC)c2)c1.O=C(OCC12CC3CC(CC(C3)C1)C2)C1CCCN(S(=O)(=O)C(F)(F)S(=O)(=O)O)C1.O=S(=O)([O-])c1c(F)c(F)c(Oc2c(C3CCCCC3)cc(C3CCCCC3)cc2C2CCCCC2)c(F)c1F.c1ccc([S+](c2ccccc2)c2ccccc2)cc1. The van der Waals surface area contributed by atoms with Gasteiger partial charge in [-0.2, -0.15) is 30.3 Å². The van der Waals surface area contributed by atoms with E-state index in [1.165, 1.54) is 45.9 Å². The summed E-state index contributed by atoms with van der Waals surface area (Å²) in [6.07, 6.45) is 22.5. The fraction of sp³-hybridized carbons (Fsp3) is 0.437. The number of methoxy groups -OCH3 is 2. The van der Waals surface area contributed by atoms with E-state index in [-0.39, 0.29) is 81.7 Å². The maximum absolute atomic E-state index is 15.1. The van der Waals surface area contributed by atoms with Gasteiger partial charge in [0, 0.05) is 30.6 Å². The number of rotatable bonds is 21. The maximum atomic E-state index is 15.1. The molecule has 7 saturated carbocycles. The molecule has 8 fully saturated rings. The summed E-state index contributed by atoms with van der Waals surface area (Å²) in [5.74, 6) is -7.09. The Morgan fingerprint density at radius 2 is 0.920 bits per heavy atom. The van der Waals surface area contributed by atoms with Crippen LogP contribution in [0.1, 0.15) is 188 Å². The van der Waals surface area contributed by atoms with Crippen molar-refractivity contribution in [3.8, 4) is 23.0 Å². The number of alkyl halides is 2. The number of hydrogen-bond acceptors (Lipinski definition) is 13. The lowest BCUT2D eigenvalue weighted by molar-refractivity contribution is -0.161. The van der Waals surface area contributed by atoms with Gasteiger partial charge in [0.05, 0.1) is 55.1 Å². The van der Waals surface area contributed by atoms with Crippen LogP contribution in [-0.2, 0) is 68.2 Å². The Morgan fingerprint density at radius 3 is 1.34 bits per heavy atom. The number of piperidine rings is 1. The molecule has 8 aromatic rings. The number of benzene rings is 8. The highest BCUT2D eigenvalue weighted by Gasteiger charge is 2.61. The molecule has 1 atom stereocenters. The molecule has 0 amide bonds. The number of nitrogens with zero attached hydrogens (tertiary/aromatic N) is 1. The Labute approximate surface area is 665 Å². The summed E-state index contributed by atoms with van der Waals surface area (Å²) in [7, 11) is -14.6. The smallest absolute Gasteiger partial charge is 0.484 e. The van der Waals surface area contributed by atoms with Gasteiger partial charge in [-0.1, -0.05) is 149 Å². The second-order valence-corrected chi connectivity index (χ2v) is 40.0. The quantitative estimate of drug-likeness (QED) is 0.0225. The lowest BCUT2D eigenvalue weighted by Gasteiger charge is -2.56. The fourth-order valence-corrected chi connectivity index (χ4v) is 25.4. The number of aliphatic hydroxyl groups is 1. The second kappa shape index (κ2) is 37.7. The van der Waals surface area contributed by atoms with E-state index in [2.05, 4.69) is 140 Å². The molecule has 113 heavy (non-hydrogen) atoms. The molecule has 606 valence electrons. The van der Waals surface area contributed by atoms with Gasteiger partial charge < -0.3 is 28.6 Å². The topological polar surface area (TPSA) is 223 Å². The summed E-state index contributed by atoms with van der Waals surface area (Å²) in [5, 5.41) is 9.51. The van der Waals surface area contributed by atoms with Crippen LogP contribution in [0.4, 0.5) is 26.3 Å². The Balaban J connectivity index is 0.000000144. The van der Waals surface area contributed by atoms with E-state index in [1.807, 2.05) is 36.4 Å². The minimum Gasteiger partial charge on any atom is -0.744 e. The largest absolute Gasteiger partial charge is 0.744 e. The zero-order chi connectivity index (χ0) is 80.2. The number of carbonyl (C=O) groups is 1. The standard InChI is InChI=1S/C30H36F4O4S.C21H21O3S.C18H27F2NO7S2.C18H15S/c31-24-26(33)30(39(35,36)37)27(34)25(32)29(24)38-28-22(19-12-6-2-7-13-19)16-21(18-10-4-1-5-11-18)17-23(28)20-14-8-3-9-15-20;1-23-17-7-4-10-20(13-17)25(19-9-3-6-16(12-19)15-22)21-11-5-8-18(14-21)24-2;19-18(20,30(25,26)27)29(23,24)21-3-1-2-15(10-21)16(22)28-11-17-7-12-4-13(8-17)6-14(5-12)9-17;1-4-10-16(11-5-1)19(17-12-6-2-7-13-17)18-14-8-3-9-15-18/h16-20H,1-15H2,(H,35,36,37);3-14,22H,15H2,1-2H3;12-15H,1-11H2,(H,25,26,27);1-15H/q;+1;;+1/p-1. The Hall–Kier alpha value is -7.40. The van der Waals surface area contributed by atoms with Crippen LogP contribution in [0, 0.1) is 52.4 Å². The minimum atomic E-state index is -6.16. The van der Waals surface area contributed by atoms with Crippen LogP contribution in [0.25, 0.3) is 0 Å². The highest BCUT2D eigenvalue weighted by Crippen LogP contribution is 2.60. The molecule has 16 rings (SSSR count). The Kier molecular flexibility index (Phi) is 28.3. The van der Waals surface area contributed by atoms with E-state index >= 15 is 8.78 Å². The molecular weight excluding hydrogens is 1560 g/mol. The first-order chi connectivity index (χ1) is 54.2. The first kappa shape index (κ1) is 85.0. The van der Waals surface area contributed by atoms with Gasteiger partial charge in [-0.3, -0.25) is 9.35 Å². The highest BCUT2D eigenvalue weighted by molar-refractivity contribution is 8.06. The van der Waals surface area contributed by atoms with Gasteiger partial charge in [-0.25, -0.2) is 25.6 Å². The predicted molar refractivity (Wildman–Crippen MR) is 422 cm³/mol. The third kappa shape index (κ3) is 20.2. The Morgan fingerprint density at radius 1 is 0.513 bits per heavy atom. The van der Waals surface area contributed by atoms with Crippen molar-refractivity contribution in [3.05, 3.63) is 221 Å². The summed E-state index contributed by atoms with van der Waals surface area (Å²) >= 11 is 0. The van der Waals surface area contributed by atoms with Gasteiger partial charge in [0.25, 0.3) is 10.0 Å². The van der Waals surface area contributed by atoms with Crippen molar-refractivity contribution >= 4 is 58.0 Å². The number of hydrogen-bond donors (Lipinski definition) is 2. The first-order valence-electron chi connectivity index (χ1n) is 39.0. The van der Waals surface area contributed by atoms with Gasteiger partial charge >= 0.3 is 20.7 Å². The summed E-state index contributed by atoms with van der Waals surface area (Å²) in [6.45, 7) is -0.652. The van der Waals surface area contributed by atoms with Gasteiger partial charge in [0.15, 0.2) is 41.0 Å². The second-order valence-electron chi connectivity index (χ2n) is 30.9. The number of halogens is 6. The third-order valence-electron chi connectivity index (χ3n) is 23.1. The first-order valence-corrected chi connectivity index (χ1v) is 45.7. The van der Waals surface area contributed by atoms with Crippen LogP contribution in [0.5, 0.6) is 23.0 Å². The van der Waals surface area contributed by atoms with Crippen molar-refractivity contribution in [2.45, 2.75) is 211 Å². The fourth-order valence-electron chi connectivity index (χ4n) is 18.1. The zero-order valence-electron chi connectivity index (χ0n) is 63.4. The molecule has 2 N–H and O–H groups in total. The lowest BCUT2D eigenvalue weighted by Crippen LogP contribution is -2.52. The zero-order valence-corrected chi connectivity index (χ0v) is 67.5. The molecule has 1 heterocycles. The van der Waals surface area contributed by atoms with Crippen molar-refractivity contribution in [2.24, 2.45) is 29.1 Å². The number of esters is 1. The van der Waals surface area contributed by atoms with E-state index in [4.69, 9.17) is 23.5 Å². The van der Waals surface area contributed by atoms with Gasteiger partial charge in [0.2, 0.25) is 17.4 Å². The molecule has 1 saturated heterocycles. The summed E-state index contributed by atoms with van der Waals surface area (Å²) < 4.78 is 193. The highest BCUT2D eigenvalue weighted by atomic mass is 32.3. The molecule has 0 spiro atoms. The molecule has 1 aliphatic heterocycles. The third-order valence-corrected chi connectivity index (χ3v) is 31.9. The van der Waals surface area contributed by atoms with Crippen molar-refractivity contribution in [3.63, 3.8) is 0 Å². The lowest BCUT2D eigenvalue weighted by atomic mass is 9.50. The molecule has 0 aromatic heterocycles. The van der Waals surface area contributed by atoms with Crippen molar-refractivity contribution in [1.82, 2.24) is 4.31 Å². The van der Waals surface area contributed by atoms with Crippen molar-refractivity contribution in [2.75, 3.05) is 33.9 Å². The molecule has 7 aliphatic carbocycles. The molecule has 4 bridgehead atoms. The van der Waals surface area contributed by atoms with E-state index in [0.29, 0.717) is 23.7 Å². The summed E-state index contributed by atoms with van der Waals surface area (Å²) in [5.41, 5.74) is 3.68. The van der Waals surface area contributed by atoms with Gasteiger partial charge in [-0.05, 0) is 220 Å². The minimum absolute atomic E-state index is 0.0146. The van der Waals surface area contributed by atoms with Crippen LogP contribution in [-0.4, -0.2) is 88.2 Å². The van der Waals surface area contributed by atoms with E-state index < -0.39 is 87.2 Å². The van der Waals surface area contributed by atoms with Gasteiger partial charge in [0.1, 0.15) is 32.3 Å². The number of sulfonamides is 1. The van der Waals surface area contributed by atoms with E-state index in [0.717, 1.165) is 152 Å². The number of carbonyl (C=O) groups excluding carboxylic acids is 1. The summed E-state index contributed by atoms with van der Waals surface area (Å²) in [6, 6.07) is 60.6. The normalized spacial score (nSPS) is 21.1. The van der Waals surface area contributed by atoms with Crippen LogP contribution in [0.15, 0.2) is 210 Å². The molecule has 0 radical (unpaired) electrons. The molecule has 8 aliphatic rings. The molecular formula is C87H98F6NO14S5+. The predicted octanol–water partition coefficient (Wildman–Crippen LogP) is 20.4. The number of aliphatic hydroxyl groups excluding tert-OH is 1. The molecule has 26 heteroatoms. The average molecular weight is 1660 g/mol. The summed E-state index contributed by atoms with van der Waals surface area (Å²) in [4.78, 5) is 18.0. The van der Waals surface area contributed by atoms with Crippen LogP contribution >= 0.6 is 0 Å². The molecule has 8 aromatic carbocycles. The number of ether oxygens (including phenoxy) is 4.